The fraction of sp³-hybridized carbons (Fsp3) is 0.333. The Morgan fingerprint density at radius 1 is 1.32 bits per heavy atom. The molecule has 3 N–H and O–H groups in total. The van der Waals surface area contributed by atoms with Gasteiger partial charge in [0.05, 0.1) is 6.54 Å². The van der Waals surface area contributed by atoms with Gasteiger partial charge in [-0.15, -0.1) is 11.3 Å². The van der Waals surface area contributed by atoms with Crippen molar-refractivity contribution >= 4 is 23.2 Å². The maximum Gasteiger partial charge on any atom is 0.223 e. The molecule has 2 aromatic rings. The highest BCUT2D eigenvalue weighted by molar-refractivity contribution is 7.15. The van der Waals surface area contributed by atoms with Crippen molar-refractivity contribution < 1.29 is 19.4 Å². The van der Waals surface area contributed by atoms with Crippen molar-refractivity contribution in [2.45, 2.75) is 26.3 Å². The molecule has 3 rings (SSSR count). The Hall–Kier alpha value is -2.54. The summed E-state index contributed by atoms with van der Waals surface area (Å²) in [5.41, 5.74) is 6.77. The molecule has 1 aromatic heterocycles. The van der Waals surface area contributed by atoms with Crippen molar-refractivity contribution in [3.8, 4) is 21.9 Å². The zero-order chi connectivity index (χ0) is 18.0. The number of hydrogen-bond acceptors (Lipinski definition) is 5. The second-order valence-electron chi connectivity index (χ2n) is 6.02. The number of hydrogen-bond donors (Lipinski definition) is 2. The standard InChI is InChI=1S/C18H20N2O4S/c1-11-2-3-15(25-11)12-8-13-10-20(17(23)5-4-16(19)22)6-7-24-18(13)14(21)9-12/h2-3,8-9,21H,4-7,10H2,1H3,(H2,19,22). The van der Waals surface area contributed by atoms with E-state index in [9.17, 15) is 14.7 Å². The van der Waals surface area contributed by atoms with Crippen molar-refractivity contribution in [3.05, 3.63) is 34.7 Å². The average molecular weight is 360 g/mol. The van der Waals surface area contributed by atoms with Gasteiger partial charge in [0.25, 0.3) is 0 Å². The summed E-state index contributed by atoms with van der Waals surface area (Å²) in [6, 6.07) is 7.67. The largest absolute Gasteiger partial charge is 0.504 e. The van der Waals surface area contributed by atoms with Crippen molar-refractivity contribution in [2.24, 2.45) is 5.73 Å². The van der Waals surface area contributed by atoms with Crippen LogP contribution in [0.5, 0.6) is 11.5 Å². The molecule has 1 aliphatic rings. The molecule has 132 valence electrons. The number of phenols is 1. The Kier molecular flexibility index (Phi) is 4.94. The number of phenolic OH excluding ortho intramolecular Hbond substituents is 1. The number of benzene rings is 1. The monoisotopic (exact) mass is 360 g/mol. The van der Waals surface area contributed by atoms with Gasteiger partial charge >= 0.3 is 0 Å². The molecular weight excluding hydrogens is 340 g/mol. The molecule has 0 spiro atoms. The molecule has 0 radical (unpaired) electrons. The predicted molar refractivity (Wildman–Crippen MR) is 95.5 cm³/mol. The number of fused-ring (bicyclic) bond motifs is 1. The summed E-state index contributed by atoms with van der Waals surface area (Å²) in [5, 5.41) is 10.3. The molecule has 25 heavy (non-hydrogen) atoms. The van der Waals surface area contributed by atoms with Gasteiger partial charge in [-0.25, -0.2) is 0 Å². The minimum atomic E-state index is -0.493. The number of amides is 2. The van der Waals surface area contributed by atoms with Crippen LogP contribution in [-0.2, 0) is 16.1 Å². The summed E-state index contributed by atoms with van der Waals surface area (Å²) >= 11 is 1.64. The first-order chi connectivity index (χ1) is 11.9. The van der Waals surface area contributed by atoms with Crippen LogP contribution >= 0.6 is 11.3 Å². The van der Waals surface area contributed by atoms with Crippen LogP contribution in [-0.4, -0.2) is 35.0 Å². The third-order valence-corrected chi connectivity index (χ3v) is 5.13. The molecule has 0 unspecified atom stereocenters. The van der Waals surface area contributed by atoms with Crippen LogP contribution in [0.1, 0.15) is 23.3 Å². The van der Waals surface area contributed by atoms with Crippen LogP contribution in [0.2, 0.25) is 0 Å². The molecule has 2 amide bonds. The van der Waals surface area contributed by atoms with Crippen LogP contribution in [0.3, 0.4) is 0 Å². The Balaban J connectivity index is 1.87. The topological polar surface area (TPSA) is 92.9 Å². The Bertz CT molecular complexity index is 815. The van der Waals surface area contributed by atoms with Crippen molar-refractivity contribution in [2.75, 3.05) is 13.2 Å². The number of thiophene rings is 1. The predicted octanol–water partition coefficient (Wildman–Crippen LogP) is 2.42. The lowest BCUT2D eigenvalue weighted by Crippen LogP contribution is -2.33. The van der Waals surface area contributed by atoms with E-state index in [0.29, 0.717) is 25.4 Å². The lowest BCUT2D eigenvalue weighted by Gasteiger charge is -2.19. The second kappa shape index (κ2) is 7.14. The number of nitrogens with two attached hydrogens (primary N) is 1. The molecule has 0 saturated carbocycles. The minimum absolute atomic E-state index is 0.0306. The molecular formula is C18H20N2O4S. The third-order valence-electron chi connectivity index (χ3n) is 4.08. The van der Waals surface area contributed by atoms with E-state index in [2.05, 4.69) is 0 Å². The van der Waals surface area contributed by atoms with E-state index in [0.717, 1.165) is 16.0 Å². The molecule has 6 nitrogen and oxygen atoms in total. The van der Waals surface area contributed by atoms with E-state index in [1.165, 1.54) is 4.88 Å². The van der Waals surface area contributed by atoms with Gasteiger partial charge in [0.1, 0.15) is 6.61 Å². The Labute approximate surface area is 149 Å². The van der Waals surface area contributed by atoms with E-state index in [1.54, 1.807) is 22.3 Å². The van der Waals surface area contributed by atoms with Gasteiger partial charge in [-0.05, 0) is 36.8 Å². The summed E-state index contributed by atoms with van der Waals surface area (Å²) in [5.74, 6) is -0.146. The minimum Gasteiger partial charge on any atom is -0.504 e. The fourth-order valence-electron chi connectivity index (χ4n) is 2.83. The number of carbonyl (C=O) groups excluding carboxylic acids is 2. The molecule has 0 bridgehead atoms. The molecule has 0 atom stereocenters. The highest BCUT2D eigenvalue weighted by atomic mass is 32.1. The Morgan fingerprint density at radius 2 is 2.12 bits per heavy atom. The van der Waals surface area contributed by atoms with E-state index in [-0.39, 0.29) is 24.5 Å². The molecule has 0 fully saturated rings. The highest BCUT2D eigenvalue weighted by Gasteiger charge is 2.23. The number of ether oxygens (including phenoxy) is 1. The molecule has 7 heteroatoms. The van der Waals surface area contributed by atoms with Gasteiger partial charge in [-0.2, -0.15) is 0 Å². The van der Waals surface area contributed by atoms with Crippen LogP contribution in [0, 0.1) is 6.92 Å². The smallest absolute Gasteiger partial charge is 0.223 e. The summed E-state index contributed by atoms with van der Waals surface area (Å²) < 4.78 is 5.65. The lowest BCUT2D eigenvalue weighted by molar-refractivity contribution is -0.133. The van der Waals surface area contributed by atoms with Gasteiger partial charge < -0.3 is 20.5 Å². The quantitative estimate of drug-likeness (QED) is 0.876. The molecule has 1 aliphatic heterocycles. The fourth-order valence-corrected chi connectivity index (χ4v) is 3.69. The zero-order valence-electron chi connectivity index (χ0n) is 13.9. The van der Waals surface area contributed by atoms with Gasteiger partial charge in [0, 0.05) is 34.7 Å². The van der Waals surface area contributed by atoms with Gasteiger partial charge in [0.2, 0.25) is 11.8 Å². The summed E-state index contributed by atoms with van der Waals surface area (Å²) in [6.07, 6.45) is 0.114. The number of nitrogens with zero attached hydrogens (tertiary/aromatic N) is 1. The normalized spacial score (nSPS) is 13.7. The third kappa shape index (κ3) is 3.93. The van der Waals surface area contributed by atoms with E-state index >= 15 is 0 Å². The van der Waals surface area contributed by atoms with Gasteiger partial charge in [-0.1, -0.05) is 0 Å². The lowest BCUT2D eigenvalue weighted by atomic mass is 10.1. The molecule has 0 saturated heterocycles. The maximum atomic E-state index is 12.3. The SMILES string of the molecule is Cc1ccc(-c2cc(O)c3c(c2)CN(C(=O)CCC(N)=O)CCO3)s1. The summed E-state index contributed by atoms with van der Waals surface area (Å²) in [4.78, 5) is 27.1. The number of rotatable bonds is 4. The van der Waals surface area contributed by atoms with Gasteiger partial charge in [0.15, 0.2) is 11.5 Å². The average Bonchev–Trinajstić information content (AvgIpc) is 2.87. The highest BCUT2D eigenvalue weighted by Crippen LogP contribution is 2.39. The van der Waals surface area contributed by atoms with Crippen LogP contribution < -0.4 is 10.5 Å². The first-order valence-electron chi connectivity index (χ1n) is 8.05. The maximum absolute atomic E-state index is 12.3. The van der Waals surface area contributed by atoms with Crippen molar-refractivity contribution in [3.63, 3.8) is 0 Å². The van der Waals surface area contributed by atoms with E-state index in [4.69, 9.17) is 10.5 Å². The zero-order valence-corrected chi connectivity index (χ0v) is 14.8. The molecule has 0 aliphatic carbocycles. The van der Waals surface area contributed by atoms with E-state index in [1.807, 2.05) is 25.1 Å². The number of aryl methyl sites for hydroxylation is 1. The molecule has 2 heterocycles. The van der Waals surface area contributed by atoms with Crippen LogP contribution in [0.15, 0.2) is 24.3 Å². The summed E-state index contributed by atoms with van der Waals surface area (Å²) in [7, 11) is 0. The summed E-state index contributed by atoms with van der Waals surface area (Å²) in [6.45, 7) is 3.05. The first kappa shape index (κ1) is 17.3. The number of primary amides is 1. The van der Waals surface area contributed by atoms with Crippen LogP contribution in [0.25, 0.3) is 10.4 Å². The Morgan fingerprint density at radius 3 is 2.80 bits per heavy atom. The molecule has 1 aromatic carbocycles. The van der Waals surface area contributed by atoms with Gasteiger partial charge in [-0.3, -0.25) is 9.59 Å². The van der Waals surface area contributed by atoms with E-state index < -0.39 is 5.91 Å². The van der Waals surface area contributed by atoms with Crippen LogP contribution in [0.4, 0.5) is 0 Å². The number of carbonyl (C=O) groups is 2. The number of aromatic hydroxyl groups is 1. The van der Waals surface area contributed by atoms with Crippen molar-refractivity contribution in [1.82, 2.24) is 4.90 Å². The first-order valence-corrected chi connectivity index (χ1v) is 8.87. The van der Waals surface area contributed by atoms with Crippen molar-refractivity contribution in [1.29, 1.82) is 0 Å². The second-order valence-corrected chi connectivity index (χ2v) is 7.31.